The van der Waals surface area contributed by atoms with Gasteiger partial charge in [-0.2, -0.15) is 0 Å². The SMILES string of the molecule is CCCCCCCCCCCCCCCC[n+]1ccc(-c2cc[n+](CCC[NH3+])cc2)cc1. The number of quaternary nitrogens is 1. The van der Waals surface area contributed by atoms with Gasteiger partial charge < -0.3 is 5.73 Å². The molecule has 0 spiro atoms. The Morgan fingerprint density at radius 3 is 1.22 bits per heavy atom. The van der Waals surface area contributed by atoms with E-state index in [0.717, 1.165) is 26.1 Å². The number of unbranched alkanes of at least 4 members (excludes halogenated alkanes) is 13. The molecule has 0 atom stereocenters. The van der Waals surface area contributed by atoms with E-state index < -0.39 is 0 Å². The molecule has 0 aromatic carbocycles. The molecule has 0 amide bonds. The van der Waals surface area contributed by atoms with Crippen LogP contribution in [-0.2, 0) is 13.1 Å². The van der Waals surface area contributed by atoms with Crippen LogP contribution in [0.25, 0.3) is 11.1 Å². The van der Waals surface area contributed by atoms with Crippen LogP contribution in [0.15, 0.2) is 49.1 Å². The Balaban J connectivity index is 1.49. The average molecular weight is 441 g/mol. The summed E-state index contributed by atoms with van der Waals surface area (Å²) in [6, 6.07) is 8.94. The van der Waals surface area contributed by atoms with Crippen molar-refractivity contribution in [2.45, 2.75) is 116 Å². The number of hydrogen-bond donors (Lipinski definition) is 1. The van der Waals surface area contributed by atoms with Crippen molar-refractivity contribution in [1.29, 1.82) is 0 Å². The Morgan fingerprint density at radius 1 is 0.500 bits per heavy atom. The van der Waals surface area contributed by atoms with Crippen LogP contribution in [0.4, 0.5) is 0 Å². The fourth-order valence-electron chi connectivity index (χ4n) is 4.38. The number of aryl methyl sites for hydroxylation is 2. The predicted molar refractivity (Wildman–Crippen MR) is 135 cm³/mol. The molecule has 0 aliphatic heterocycles. The Kier molecular flexibility index (Phi) is 14.7. The lowest BCUT2D eigenvalue weighted by Gasteiger charge is -2.03. The minimum atomic E-state index is 0.993. The molecule has 3 nitrogen and oxygen atoms in total. The van der Waals surface area contributed by atoms with Gasteiger partial charge in [-0.05, 0) is 17.5 Å². The van der Waals surface area contributed by atoms with E-state index in [0.29, 0.717) is 0 Å². The van der Waals surface area contributed by atoms with Crippen molar-refractivity contribution in [3.63, 3.8) is 0 Å². The zero-order chi connectivity index (χ0) is 22.7. The van der Waals surface area contributed by atoms with E-state index in [9.17, 15) is 0 Å². The summed E-state index contributed by atoms with van der Waals surface area (Å²) in [6.07, 6.45) is 29.8. The first-order valence-corrected chi connectivity index (χ1v) is 13.6. The maximum atomic E-state index is 3.92. The number of aromatic nitrogens is 2. The molecule has 2 aromatic rings. The molecular formula is C29H50N3+3. The molecule has 0 saturated carbocycles. The third-order valence-corrected chi connectivity index (χ3v) is 6.55. The van der Waals surface area contributed by atoms with E-state index in [2.05, 4.69) is 70.8 Å². The van der Waals surface area contributed by atoms with Gasteiger partial charge in [0.05, 0.1) is 13.0 Å². The lowest BCUT2D eigenvalue weighted by Crippen LogP contribution is -2.51. The lowest BCUT2D eigenvalue weighted by molar-refractivity contribution is -0.699. The van der Waals surface area contributed by atoms with Gasteiger partial charge in [-0.3, -0.25) is 0 Å². The minimum Gasteiger partial charge on any atom is -0.357 e. The van der Waals surface area contributed by atoms with Crippen molar-refractivity contribution in [3.8, 4) is 11.1 Å². The number of rotatable bonds is 19. The van der Waals surface area contributed by atoms with Crippen molar-refractivity contribution in [3.05, 3.63) is 49.1 Å². The highest BCUT2D eigenvalue weighted by atomic mass is 14.9. The summed E-state index contributed by atoms with van der Waals surface area (Å²) in [7, 11) is 0. The van der Waals surface area contributed by atoms with Crippen molar-refractivity contribution in [2.75, 3.05) is 6.54 Å². The largest absolute Gasteiger partial charge is 0.357 e. The molecule has 2 rings (SSSR count). The second-order valence-electron chi connectivity index (χ2n) is 9.45. The van der Waals surface area contributed by atoms with Crippen LogP contribution in [-0.4, -0.2) is 6.54 Å². The summed E-state index contributed by atoms with van der Waals surface area (Å²) in [5.74, 6) is 0. The monoisotopic (exact) mass is 440 g/mol. The second-order valence-corrected chi connectivity index (χ2v) is 9.45. The van der Waals surface area contributed by atoms with Crippen molar-refractivity contribution < 1.29 is 14.9 Å². The second kappa shape index (κ2) is 17.8. The van der Waals surface area contributed by atoms with Gasteiger partial charge in [-0.1, -0.05) is 84.0 Å². The maximum Gasteiger partial charge on any atom is 0.169 e. The van der Waals surface area contributed by atoms with Crippen LogP contribution in [0.5, 0.6) is 0 Å². The van der Waals surface area contributed by atoms with Crippen LogP contribution in [0, 0.1) is 0 Å². The summed E-state index contributed by atoms with van der Waals surface area (Å²) in [6.45, 7) is 5.48. The van der Waals surface area contributed by atoms with E-state index in [-0.39, 0.29) is 0 Å². The molecule has 3 heteroatoms. The average Bonchev–Trinajstić information content (AvgIpc) is 2.84. The molecule has 0 saturated heterocycles. The molecule has 0 unspecified atom stereocenters. The third-order valence-electron chi connectivity index (χ3n) is 6.55. The fourth-order valence-corrected chi connectivity index (χ4v) is 4.38. The number of pyridine rings is 2. The van der Waals surface area contributed by atoms with Gasteiger partial charge in [0.15, 0.2) is 31.3 Å². The number of nitrogens with zero attached hydrogens (tertiary/aromatic N) is 2. The summed E-state index contributed by atoms with van der Waals surface area (Å²) in [5.41, 5.74) is 6.51. The van der Waals surface area contributed by atoms with Crippen molar-refractivity contribution in [2.24, 2.45) is 0 Å². The molecule has 2 heterocycles. The van der Waals surface area contributed by atoms with Gasteiger partial charge in [0.2, 0.25) is 0 Å². The molecule has 0 fully saturated rings. The molecule has 0 radical (unpaired) electrons. The third kappa shape index (κ3) is 11.8. The van der Waals surface area contributed by atoms with Gasteiger partial charge in [0.25, 0.3) is 0 Å². The topological polar surface area (TPSA) is 35.4 Å². The zero-order valence-corrected chi connectivity index (χ0v) is 20.9. The molecular weight excluding hydrogens is 390 g/mol. The highest BCUT2D eigenvalue weighted by molar-refractivity contribution is 5.60. The van der Waals surface area contributed by atoms with E-state index >= 15 is 0 Å². The Labute approximate surface area is 198 Å². The Hall–Kier alpha value is -1.74. The standard InChI is InChI=1S/C29H49N3/c1-2-3-4-5-6-7-8-9-10-11-12-13-14-15-22-31-24-17-28(18-25-31)29-19-26-32(27-20-29)23-16-21-30/h17-20,24-27H,2-16,21-23,30H2,1H3/q+2/p+1. The number of hydrogen-bond acceptors (Lipinski definition) is 0. The Morgan fingerprint density at radius 2 is 0.844 bits per heavy atom. The summed E-state index contributed by atoms with van der Waals surface area (Å²) < 4.78 is 4.58. The van der Waals surface area contributed by atoms with Gasteiger partial charge in [0.1, 0.15) is 6.54 Å². The van der Waals surface area contributed by atoms with Crippen LogP contribution in [0.2, 0.25) is 0 Å². The summed E-state index contributed by atoms with van der Waals surface area (Å²) in [4.78, 5) is 0. The molecule has 3 N–H and O–H groups in total. The van der Waals surface area contributed by atoms with Gasteiger partial charge in [-0.15, -0.1) is 0 Å². The maximum absolute atomic E-state index is 3.92. The molecule has 0 bridgehead atoms. The first-order chi connectivity index (χ1) is 15.8. The molecule has 32 heavy (non-hydrogen) atoms. The summed E-state index contributed by atoms with van der Waals surface area (Å²) in [5, 5.41) is 0. The minimum absolute atomic E-state index is 0.993. The Bertz CT molecular complexity index is 679. The van der Waals surface area contributed by atoms with Crippen LogP contribution < -0.4 is 14.9 Å². The predicted octanol–water partition coefficient (Wildman–Crippen LogP) is 6.04. The fraction of sp³-hybridized carbons (Fsp3) is 0.655. The molecule has 178 valence electrons. The van der Waals surface area contributed by atoms with Crippen molar-refractivity contribution in [1.82, 2.24) is 0 Å². The molecule has 0 aliphatic carbocycles. The first-order valence-electron chi connectivity index (χ1n) is 13.6. The highest BCUT2D eigenvalue weighted by Crippen LogP contribution is 2.16. The quantitative estimate of drug-likeness (QED) is 0.204. The lowest BCUT2D eigenvalue weighted by atomic mass is 10.0. The van der Waals surface area contributed by atoms with Crippen LogP contribution in [0.3, 0.4) is 0 Å². The van der Waals surface area contributed by atoms with E-state index in [1.165, 1.54) is 101 Å². The molecule has 2 aromatic heterocycles. The van der Waals surface area contributed by atoms with Crippen LogP contribution >= 0.6 is 0 Å². The van der Waals surface area contributed by atoms with E-state index in [4.69, 9.17) is 0 Å². The van der Waals surface area contributed by atoms with Crippen LogP contribution in [0.1, 0.15) is 103 Å². The first kappa shape index (κ1) is 26.5. The highest BCUT2D eigenvalue weighted by Gasteiger charge is 2.06. The molecule has 0 aliphatic rings. The van der Waals surface area contributed by atoms with Crippen molar-refractivity contribution >= 4 is 0 Å². The normalized spacial score (nSPS) is 11.2. The van der Waals surface area contributed by atoms with Gasteiger partial charge in [-0.25, -0.2) is 9.13 Å². The zero-order valence-electron chi connectivity index (χ0n) is 20.9. The van der Waals surface area contributed by atoms with E-state index in [1.54, 1.807) is 0 Å². The smallest absolute Gasteiger partial charge is 0.169 e. The summed E-state index contributed by atoms with van der Waals surface area (Å²) >= 11 is 0. The van der Waals surface area contributed by atoms with Gasteiger partial charge in [0, 0.05) is 30.7 Å². The van der Waals surface area contributed by atoms with Gasteiger partial charge >= 0.3 is 0 Å². The van der Waals surface area contributed by atoms with E-state index in [1.807, 2.05) is 0 Å².